The van der Waals surface area contributed by atoms with Gasteiger partial charge in [-0.25, -0.2) is 4.79 Å². The first-order valence-corrected chi connectivity index (χ1v) is 6.94. The van der Waals surface area contributed by atoms with Crippen LogP contribution in [0.1, 0.15) is 45.6 Å². The van der Waals surface area contributed by atoms with E-state index in [1.54, 1.807) is 25.1 Å². The minimum absolute atomic E-state index is 0.0273. The van der Waals surface area contributed by atoms with Gasteiger partial charge in [-0.05, 0) is 44.4 Å². The standard InChI is InChI=1S/C16H22O5/c1-5-20-14(17)9-11(2)12-7-6-8-13(10-12)21-16(3,4)15(18)19/h6-8,10-11H,5,9H2,1-4H3,(H,18,19). The van der Waals surface area contributed by atoms with Gasteiger partial charge in [0.25, 0.3) is 0 Å². The summed E-state index contributed by atoms with van der Waals surface area (Å²) in [4.78, 5) is 22.6. The number of rotatable bonds is 7. The summed E-state index contributed by atoms with van der Waals surface area (Å²) in [6.07, 6.45) is 0.277. The number of carboxylic acids is 1. The molecule has 0 radical (unpaired) electrons. The molecule has 0 fully saturated rings. The second-order valence-corrected chi connectivity index (χ2v) is 5.40. The first-order valence-electron chi connectivity index (χ1n) is 6.94. The molecule has 21 heavy (non-hydrogen) atoms. The van der Waals surface area contributed by atoms with Gasteiger partial charge >= 0.3 is 11.9 Å². The Kier molecular flexibility index (Phi) is 5.76. The van der Waals surface area contributed by atoms with Crippen molar-refractivity contribution in [3.63, 3.8) is 0 Å². The quantitative estimate of drug-likeness (QED) is 0.783. The summed E-state index contributed by atoms with van der Waals surface area (Å²) in [5, 5.41) is 9.07. The number of hydrogen-bond acceptors (Lipinski definition) is 4. The molecule has 0 spiro atoms. The van der Waals surface area contributed by atoms with Crippen LogP contribution in [0.15, 0.2) is 24.3 Å². The lowest BCUT2D eigenvalue weighted by molar-refractivity contribution is -0.152. The fourth-order valence-corrected chi connectivity index (χ4v) is 1.81. The molecule has 1 aromatic carbocycles. The van der Waals surface area contributed by atoms with Crippen LogP contribution >= 0.6 is 0 Å². The Labute approximate surface area is 124 Å². The van der Waals surface area contributed by atoms with E-state index in [9.17, 15) is 9.59 Å². The van der Waals surface area contributed by atoms with Gasteiger partial charge in [0, 0.05) is 0 Å². The normalized spacial score (nSPS) is 12.6. The summed E-state index contributed by atoms with van der Waals surface area (Å²) in [7, 11) is 0. The smallest absolute Gasteiger partial charge is 0.347 e. The highest BCUT2D eigenvalue weighted by molar-refractivity contribution is 5.76. The molecule has 0 aliphatic carbocycles. The molecule has 0 amide bonds. The topological polar surface area (TPSA) is 72.8 Å². The van der Waals surface area contributed by atoms with Gasteiger partial charge in [0.05, 0.1) is 13.0 Å². The van der Waals surface area contributed by atoms with Crippen LogP contribution in [0.2, 0.25) is 0 Å². The molecule has 0 saturated carbocycles. The summed E-state index contributed by atoms with van der Waals surface area (Å²) in [5.41, 5.74) is -0.398. The lowest BCUT2D eigenvalue weighted by Gasteiger charge is -2.22. The van der Waals surface area contributed by atoms with Crippen molar-refractivity contribution in [2.24, 2.45) is 0 Å². The molecular formula is C16H22O5. The van der Waals surface area contributed by atoms with E-state index >= 15 is 0 Å². The minimum atomic E-state index is -1.30. The van der Waals surface area contributed by atoms with Crippen LogP contribution in [0.3, 0.4) is 0 Å². The highest BCUT2D eigenvalue weighted by Crippen LogP contribution is 2.26. The Morgan fingerprint density at radius 2 is 2.00 bits per heavy atom. The van der Waals surface area contributed by atoms with Gasteiger partial charge in [-0.3, -0.25) is 4.79 Å². The first kappa shape index (κ1) is 17.0. The van der Waals surface area contributed by atoms with Gasteiger partial charge in [-0.2, -0.15) is 0 Å². The molecule has 0 saturated heterocycles. The molecule has 5 nitrogen and oxygen atoms in total. The number of hydrogen-bond donors (Lipinski definition) is 1. The number of benzene rings is 1. The molecule has 1 unspecified atom stereocenters. The fraction of sp³-hybridized carbons (Fsp3) is 0.500. The number of aliphatic carboxylic acids is 1. The van der Waals surface area contributed by atoms with E-state index in [1.807, 2.05) is 13.0 Å². The largest absolute Gasteiger partial charge is 0.478 e. The Morgan fingerprint density at radius 3 is 2.57 bits per heavy atom. The predicted molar refractivity (Wildman–Crippen MR) is 78.4 cm³/mol. The van der Waals surface area contributed by atoms with Gasteiger partial charge in [-0.15, -0.1) is 0 Å². The Bertz CT molecular complexity index is 507. The van der Waals surface area contributed by atoms with Crippen LogP contribution in [-0.4, -0.2) is 29.3 Å². The highest BCUT2D eigenvalue weighted by atomic mass is 16.5. The molecule has 1 atom stereocenters. The van der Waals surface area contributed by atoms with Crippen LogP contribution in [-0.2, 0) is 14.3 Å². The third kappa shape index (κ3) is 5.10. The highest BCUT2D eigenvalue weighted by Gasteiger charge is 2.29. The van der Waals surface area contributed by atoms with Crippen LogP contribution in [0.5, 0.6) is 5.75 Å². The maximum absolute atomic E-state index is 11.5. The van der Waals surface area contributed by atoms with Crippen molar-refractivity contribution in [3.8, 4) is 5.75 Å². The molecular weight excluding hydrogens is 272 g/mol. The SMILES string of the molecule is CCOC(=O)CC(C)c1cccc(OC(C)(C)C(=O)O)c1. The maximum Gasteiger partial charge on any atom is 0.347 e. The van der Waals surface area contributed by atoms with Crippen LogP contribution in [0.4, 0.5) is 0 Å². The molecule has 116 valence electrons. The number of carbonyl (C=O) groups excluding carboxylic acids is 1. The van der Waals surface area contributed by atoms with Crippen molar-refractivity contribution in [2.75, 3.05) is 6.61 Å². The van der Waals surface area contributed by atoms with Crippen molar-refractivity contribution < 1.29 is 24.2 Å². The van der Waals surface area contributed by atoms with E-state index in [0.29, 0.717) is 12.4 Å². The Morgan fingerprint density at radius 1 is 1.33 bits per heavy atom. The predicted octanol–water partition coefficient (Wildman–Crippen LogP) is 2.99. The summed E-state index contributed by atoms with van der Waals surface area (Å²) in [5.74, 6) is -0.842. The van der Waals surface area contributed by atoms with E-state index in [0.717, 1.165) is 5.56 Å². The minimum Gasteiger partial charge on any atom is -0.478 e. The molecule has 0 aromatic heterocycles. The van der Waals surface area contributed by atoms with Gasteiger partial charge in [-0.1, -0.05) is 19.1 Å². The van der Waals surface area contributed by atoms with Crippen molar-refractivity contribution >= 4 is 11.9 Å². The van der Waals surface area contributed by atoms with Crippen molar-refractivity contribution in [1.29, 1.82) is 0 Å². The number of ether oxygens (including phenoxy) is 2. The summed E-state index contributed by atoms with van der Waals surface area (Å²) < 4.78 is 10.4. The first-order chi connectivity index (χ1) is 9.76. The molecule has 1 N–H and O–H groups in total. The molecule has 1 rings (SSSR count). The van der Waals surface area contributed by atoms with Crippen LogP contribution in [0.25, 0.3) is 0 Å². The molecule has 0 aliphatic heterocycles. The van der Waals surface area contributed by atoms with E-state index in [-0.39, 0.29) is 18.3 Å². The van der Waals surface area contributed by atoms with Crippen LogP contribution in [0, 0.1) is 0 Å². The Hall–Kier alpha value is -2.04. The number of carbonyl (C=O) groups is 2. The summed E-state index contributed by atoms with van der Waals surface area (Å²) in [6.45, 7) is 7.03. The maximum atomic E-state index is 11.5. The van der Waals surface area contributed by atoms with Crippen molar-refractivity contribution in [3.05, 3.63) is 29.8 Å². The van der Waals surface area contributed by atoms with Gasteiger partial charge < -0.3 is 14.6 Å². The average molecular weight is 294 g/mol. The third-order valence-electron chi connectivity index (χ3n) is 3.09. The van der Waals surface area contributed by atoms with E-state index in [4.69, 9.17) is 14.6 Å². The van der Waals surface area contributed by atoms with Crippen LogP contribution < -0.4 is 4.74 Å². The summed E-state index contributed by atoms with van der Waals surface area (Å²) in [6, 6.07) is 7.12. The number of carboxylic acid groups (broad SMARTS) is 1. The van der Waals surface area contributed by atoms with E-state index < -0.39 is 11.6 Å². The van der Waals surface area contributed by atoms with Crippen molar-refractivity contribution in [1.82, 2.24) is 0 Å². The van der Waals surface area contributed by atoms with E-state index in [2.05, 4.69) is 0 Å². The second kappa shape index (κ2) is 7.11. The second-order valence-electron chi connectivity index (χ2n) is 5.40. The third-order valence-corrected chi connectivity index (χ3v) is 3.09. The molecule has 0 heterocycles. The number of esters is 1. The van der Waals surface area contributed by atoms with Gasteiger partial charge in [0.1, 0.15) is 5.75 Å². The van der Waals surface area contributed by atoms with Gasteiger partial charge in [0.2, 0.25) is 0 Å². The molecule has 0 aliphatic rings. The lowest BCUT2D eigenvalue weighted by atomic mass is 9.97. The lowest BCUT2D eigenvalue weighted by Crippen LogP contribution is -2.37. The van der Waals surface area contributed by atoms with Gasteiger partial charge in [0.15, 0.2) is 5.60 Å². The monoisotopic (exact) mass is 294 g/mol. The van der Waals surface area contributed by atoms with E-state index in [1.165, 1.54) is 13.8 Å². The molecule has 1 aromatic rings. The fourth-order valence-electron chi connectivity index (χ4n) is 1.81. The average Bonchev–Trinajstić information content (AvgIpc) is 2.38. The molecule has 5 heteroatoms. The zero-order chi connectivity index (χ0) is 16.0. The summed E-state index contributed by atoms with van der Waals surface area (Å²) >= 11 is 0. The zero-order valence-corrected chi connectivity index (χ0v) is 12.9. The molecule has 0 bridgehead atoms. The zero-order valence-electron chi connectivity index (χ0n) is 12.9. The Balaban J connectivity index is 2.81. The van der Waals surface area contributed by atoms with Crippen molar-refractivity contribution in [2.45, 2.75) is 45.6 Å².